The SMILES string of the molecule is Cc1cc(C)cc(CC(=O)c2cc3cccc(Cl)c3o2)c1. The fraction of sp³-hybridized carbons (Fsp3) is 0.167. The molecule has 3 aromatic rings. The molecule has 0 unspecified atom stereocenters. The number of benzene rings is 2. The summed E-state index contributed by atoms with van der Waals surface area (Å²) in [5.41, 5.74) is 3.89. The number of para-hydroxylation sites is 1. The number of fused-ring (bicyclic) bond motifs is 1. The second-order valence-electron chi connectivity index (χ2n) is 5.36. The van der Waals surface area contributed by atoms with Gasteiger partial charge in [0.15, 0.2) is 11.3 Å². The number of Topliss-reactive ketones (excluding diaryl/α,β-unsaturated/α-hetero) is 1. The number of furan rings is 1. The van der Waals surface area contributed by atoms with Crippen LogP contribution in [0.15, 0.2) is 46.9 Å². The number of aryl methyl sites for hydroxylation is 2. The molecule has 2 aromatic carbocycles. The first-order chi connectivity index (χ1) is 10.0. The van der Waals surface area contributed by atoms with E-state index < -0.39 is 0 Å². The molecule has 0 radical (unpaired) electrons. The largest absolute Gasteiger partial charge is 0.451 e. The van der Waals surface area contributed by atoms with Crippen LogP contribution in [0.3, 0.4) is 0 Å². The molecule has 21 heavy (non-hydrogen) atoms. The molecule has 0 fully saturated rings. The Balaban J connectivity index is 1.91. The summed E-state index contributed by atoms with van der Waals surface area (Å²) in [7, 11) is 0. The van der Waals surface area contributed by atoms with Crippen molar-refractivity contribution in [3.63, 3.8) is 0 Å². The first kappa shape index (κ1) is 13.9. The summed E-state index contributed by atoms with van der Waals surface area (Å²) < 4.78 is 5.61. The van der Waals surface area contributed by atoms with E-state index in [9.17, 15) is 4.79 Å². The van der Waals surface area contributed by atoms with Crippen molar-refractivity contribution in [1.29, 1.82) is 0 Å². The monoisotopic (exact) mass is 298 g/mol. The van der Waals surface area contributed by atoms with Crippen molar-refractivity contribution in [2.45, 2.75) is 20.3 Å². The second kappa shape index (κ2) is 5.38. The van der Waals surface area contributed by atoms with Gasteiger partial charge in [-0.1, -0.05) is 53.1 Å². The number of hydrogen-bond acceptors (Lipinski definition) is 2. The van der Waals surface area contributed by atoms with Crippen LogP contribution in [0.4, 0.5) is 0 Å². The Morgan fingerprint density at radius 3 is 2.48 bits per heavy atom. The Morgan fingerprint density at radius 1 is 1.10 bits per heavy atom. The van der Waals surface area contributed by atoms with Crippen LogP contribution in [0, 0.1) is 13.8 Å². The van der Waals surface area contributed by atoms with Crippen LogP contribution in [0.1, 0.15) is 27.2 Å². The van der Waals surface area contributed by atoms with E-state index in [-0.39, 0.29) is 5.78 Å². The normalized spacial score (nSPS) is 11.0. The van der Waals surface area contributed by atoms with Crippen molar-refractivity contribution in [2.75, 3.05) is 0 Å². The number of rotatable bonds is 3. The molecule has 0 aliphatic rings. The van der Waals surface area contributed by atoms with Crippen molar-refractivity contribution in [2.24, 2.45) is 0 Å². The predicted molar refractivity (Wildman–Crippen MR) is 85.2 cm³/mol. The molecule has 0 amide bonds. The summed E-state index contributed by atoms with van der Waals surface area (Å²) in [5, 5.41) is 1.38. The van der Waals surface area contributed by atoms with Gasteiger partial charge in [0.2, 0.25) is 5.78 Å². The smallest absolute Gasteiger partial charge is 0.202 e. The summed E-state index contributed by atoms with van der Waals surface area (Å²) >= 11 is 6.07. The molecular formula is C18H15ClO2. The molecule has 0 bridgehead atoms. The summed E-state index contributed by atoms with van der Waals surface area (Å²) in [6, 6.07) is 13.4. The fourth-order valence-electron chi connectivity index (χ4n) is 2.61. The van der Waals surface area contributed by atoms with Gasteiger partial charge < -0.3 is 4.42 Å². The molecule has 106 valence electrons. The van der Waals surface area contributed by atoms with Crippen LogP contribution < -0.4 is 0 Å². The lowest BCUT2D eigenvalue weighted by Gasteiger charge is -2.03. The first-order valence-corrected chi connectivity index (χ1v) is 7.19. The van der Waals surface area contributed by atoms with Gasteiger partial charge in [-0.15, -0.1) is 0 Å². The average Bonchev–Trinajstić information content (AvgIpc) is 2.83. The van der Waals surface area contributed by atoms with Gasteiger partial charge in [-0.25, -0.2) is 0 Å². The quantitative estimate of drug-likeness (QED) is 0.628. The molecule has 0 saturated carbocycles. The zero-order valence-electron chi connectivity index (χ0n) is 11.9. The van der Waals surface area contributed by atoms with E-state index in [1.54, 1.807) is 12.1 Å². The van der Waals surface area contributed by atoms with E-state index in [0.717, 1.165) is 22.1 Å². The number of ketones is 1. The number of carbonyl (C=O) groups excluding carboxylic acids is 1. The van der Waals surface area contributed by atoms with Gasteiger partial charge in [-0.2, -0.15) is 0 Å². The Morgan fingerprint density at radius 2 is 1.81 bits per heavy atom. The van der Waals surface area contributed by atoms with Crippen molar-refractivity contribution in [3.8, 4) is 0 Å². The van der Waals surface area contributed by atoms with Crippen molar-refractivity contribution in [3.05, 3.63) is 69.9 Å². The molecular weight excluding hydrogens is 284 g/mol. The Labute approximate surface area is 128 Å². The van der Waals surface area contributed by atoms with Crippen molar-refractivity contribution >= 4 is 28.4 Å². The summed E-state index contributed by atoms with van der Waals surface area (Å²) in [6.45, 7) is 4.06. The van der Waals surface area contributed by atoms with Gasteiger partial charge >= 0.3 is 0 Å². The maximum Gasteiger partial charge on any atom is 0.202 e. The lowest BCUT2D eigenvalue weighted by Crippen LogP contribution is -2.02. The van der Waals surface area contributed by atoms with Crippen molar-refractivity contribution < 1.29 is 9.21 Å². The molecule has 0 atom stereocenters. The maximum atomic E-state index is 12.4. The summed E-state index contributed by atoms with van der Waals surface area (Å²) in [4.78, 5) is 12.4. The van der Waals surface area contributed by atoms with Crippen LogP contribution in [0.25, 0.3) is 11.0 Å². The van der Waals surface area contributed by atoms with Gasteiger partial charge in [-0.3, -0.25) is 4.79 Å². The highest BCUT2D eigenvalue weighted by Crippen LogP contribution is 2.27. The number of carbonyl (C=O) groups is 1. The lowest BCUT2D eigenvalue weighted by atomic mass is 10.0. The minimum absolute atomic E-state index is 0.0349. The third-order valence-corrected chi connectivity index (χ3v) is 3.71. The van der Waals surface area contributed by atoms with Gasteiger partial charge in [-0.05, 0) is 31.5 Å². The summed E-state index contributed by atoms with van der Waals surface area (Å²) in [6.07, 6.45) is 0.333. The third kappa shape index (κ3) is 2.86. The van der Waals surface area contributed by atoms with Crippen LogP contribution in [0.5, 0.6) is 0 Å². The molecule has 0 aliphatic heterocycles. The Hall–Kier alpha value is -2.06. The van der Waals surface area contributed by atoms with Gasteiger partial charge in [0.1, 0.15) is 0 Å². The topological polar surface area (TPSA) is 30.2 Å². The molecule has 1 aromatic heterocycles. The van der Waals surface area contributed by atoms with E-state index >= 15 is 0 Å². The van der Waals surface area contributed by atoms with E-state index in [1.165, 1.54) is 0 Å². The zero-order valence-corrected chi connectivity index (χ0v) is 12.7. The fourth-order valence-corrected chi connectivity index (χ4v) is 2.83. The van der Waals surface area contributed by atoms with Crippen LogP contribution in [0.2, 0.25) is 5.02 Å². The number of halogens is 1. The molecule has 1 heterocycles. The van der Waals surface area contributed by atoms with Crippen molar-refractivity contribution in [1.82, 2.24) is 0 Å². The Bertz CT molecular complexity index is 810. The highest BCUT2D eigenvalue weighted by atomic mass is 35.5. The lowest BCUT2D eigenvalue weighted by molar-refractivity contribution is 0.0968. The molecule has 0 aliphatic carbocycles. The molecule has 0 N–H and O–H groups in total. The van der Waals surface area contributed by atoms with Gasteiger partial charge in [0.05, 0.1) is 5.02 Å². The van der Waals surface area contributed by atoms with E-state index in [0.29, 0.717) is 22.8 Å². The predicted octanol–water partition coefficient (Wildman–Crippen LogP) is 5.13. The van der Waals surface area contributed by atoms with Crippen LogP contribution in [-0.2, 0) is 6.42 Å². The van der Waals surface area contributed by atoms with Gasteiger partial charge in [0.25, 0.3) is 0 Å². The summed E-state index contributed by atoms with van der Waals surface area (Å²) in [5.74, 6) is 0.324. The maximum absolute atomic E-state index is 12.4. The van der Waals surface area contributed by atoms with Crippen LogP contribution >= 0.6 is 11.6 Å². The van der Waals surface area contributed by atoms with Crippen LogP contribution in [-0.4, -0.2) is 5.78 Å². The minimum atomic E-state index is -0.0349. The second-order valence-corrected chi connectivity index (χ2v) is 5.77. The molecule has 3 rings (SSSR count). The average molecular weight is 299 g/mol. The third-order valence-electron chi connectivity index (χ3n) is 3.42. The number of hydrogen-bond donors (Lipinski definition) is 0. The minimum Gasteiger partial charge on any atom is -0.451 e. The van der Waals surface area contributed by atoms with E-state index in [4.69, 9.17) is 16.0 Å². The molecule has 0 spiro atoms. The standard InChI is InChI=1S/C18H15ClO2/c1-11-6-12(2)8-13(7-11)9-16(20)17-10-14-4-3-5-15(19)18(14)21-17/h3-8,10H,9H2,1-2H3. The zero-order chi connectivity index (χ0) is 15.0. The van der Waals surface area contributed by atoms with Gasteiger partial charge in [0, 0.05) is 11.8 Å². The highest BCUT2D eigenvalue weighted by molar-refractivity contribution is 6.34. The van der Waals surface area contributed by atoms with E-state index in [2.05, 4.69) is 6.07 Å². The van der Waals surface area contributed by atoms with E-state index in [1.807, 2.05) is 38.1 Å². The first-order valence-electron chi connectivity index (χ1n) is 6.81. The molecule has 0 saturated heterocycles. The molecule has 2 nitrogen and oxygen atoms in total. The highest BCUT2D eigenvalue weighted by Gasteiger charge is 2.14. The molecule has 3 heteroatoms. The Kier molecular flexibility index (Phi) is 3.56.